The van der Waals surface area contributed by atoms with Crippen LogP contribution in [-0.4, -0.2) is 37.4 Å². The number of benzene rings is 1. The molecule has 0 aliphatic carbocycles. The van der Waals surface area contributed by atoms with Crippen LogP contribution in [0.1, 0.15) is 40.5 Å². The van der Waals surface area contributed by atoms with Gasteiger partial charge in [-0.2, -0.15) is 0 Å². The van der Waals surface area contributed by atoms with Gasteiger partial charge >= 0.3 is 5.97 Å². The molecule has 28 heavy (non-hydrogen) atoms. The van der Waals surface area contributed by atoms with Crippen molar-refractivity contribution in [3.05, 3.63) is 58.9 Å². The highest BCUT2D eigenvalue weighted by molar-refractivity contribution is 5.98. The zero-order valence-corrected chi connectivity index (χ0v) is 16.6. The number of rotatable bonds is 8. The van der Waals surface area contributed by atoms with Crippen LogP contribution in [0.25, 0.3) is 12.2 Å². The van der Waals surface area contributed by atoms with Gasteiger partial charge in [0.2, 0.25) is 0 Å². The predicted octanol–water partition coefficient (Wildman–Crippen LogP) is 4.27. The first-order chi connectivity index (χ1) is 13.4. The van der Waals surface area contributed by atoms with E-state index in [0.29, 0.717) is 41.2 Å². The van der Waals surface area contributed by atoms with E-state index < -0.39 is 5.97 Å². The van der Waals surface area contributed by atoms with Crippen LogP contribution in [0.2, 0.25) is 0 Å². The summed E-state index contributed by atoms with van der Waals surface area (Å²) in [6.07, 6.45) is 6.18. The number of nitrogens with zero attached hydrogens (tertiary/aromatic N) is 1. The molecule has 0 bridgehead atoms. The highest BCUT2D eigenvalue weighted by Crippen LogP contribution is 2.37. The quantitative estimate of drug-likeness (QED) is 0.542. The molecule has 0 saturated carbocycles. The van der Waals surface area contributed by atoms with E-state index in [1.165, 1.54) is 14.2 Å². The van der Waals surface area contributed by atoms with Crippen molar-refractivity contribution in [1.82, 2.24) is 4.98 Å². The van der Waals surface area contributed by atoms with E-state index in [0.717, 1.165) is 5.57 Å². The number of hydrogen-bond acceptors (Lipinski definition) is 6. The lowest BCUT2D eigenvalue weighted by Crippen LogP contribution is -2.07. The normalized spacial score (nSPS) is 10.7. The molecule has 0 amide bonds. The van der Waals surface area contributed by atoms with E-state index in [1.807, 2.05) is 6.92 Å². The molecule has 2 rings (SSSR count). The average molecular weight is 383 g/mol. The number of aromatic nitrogens is 1. The minimum absolute atomic E-state index is 0.0826. The monoisotopic (exact) mass is 383 g/mol. The molecule has 0 radical (unpaired) electrons. The van der Waals surface area contributed by atoms with Crippen LogP contribution in [0.4, 0.5) is 0 Å². The van der Waals surface area contributed by atoms with Gasteiger partial charge in [-0.05, 0) is 43.5 Å². The Morgan fingerprint density at radius 3 is 2.57 bits per heavy atom. The highest BCUT2D eigenvalue weighted by Gasteiger charge is 2.22. The van der Waals surface area contributed by atoms with Gasteiger partial charge < -0.3 is 19.3 Å². The minimum atomic E-state index is -0.630. The van der Waals surface area contributed by atoms with Gasteiger partial charge in [-0.15, -0.1) is 6.58 Å². The van der Waals surface area contributed by atoms with Gasteiger partial charge in [-0.1, -0.05) is 11.6 Å². The van der Waals surface area contributed by atoms with Crippen molar-refractivity contribution in [2.75, 3.05) is 21.3 Å². The van der Waals surface area contributed by atoms with E-state index in [-0.39, 0.29) is 11.3 Å². The summed E-state index contributed by atoms with van der Waals surface area (Å²) >= 11 is 0. The second-order valence-corrected chi connectivity index (χ2v) is 6.27. The van der Waals surface area contributed by atoms with Crippen LogP contribution in [0.3, 0.4) is 0 Å². The lowest BCUT2D eigenvalue weighted by molar-refractivity contribution is 0.0597. The van der Waals surface area contributed by atoms with Gasteiger partial charge in [-0.3, -0.25) is 4.98 Å². The second kappa shape index (κ2) is 9.60. The Bertz CT molecular complexity index is 902. The number of allylic oxidation sites excluding steroid dienone is 1. The summed E-state index contributed by atoms with van der Waals surface area (Å²) in [6.45, 7) is 5.79. The number of methoxy groups -OCH3 is 3. The maximum absolute atomic E-state index is 12.3. The SMILES string of the molecule is C=C(C)CCc1c(OC)cc(C=Cc2cc(OC)ccn2)c(C(=O)OC)c1O. The molecule has 6 heteroatoms. The lowest BCUT2D eigenvalue weighted by Gasteiger charge is -2.16. The average Bonchev–Trinajstić information content (AvgIpc) is 2.70. The third-order valence-electron chi connectivity index (χ3n) is 4.23. The lowest BCUT2D eigenvalue weighted by atomic mass is 9.96. The van der Waals surface area contributed by atoms with Gasteiger partial charge in [0.05, 0.1) is 27.0 Å². The van der Waals surface area contributed by atoms with Gasteiger partial charge in [-0.25, -0.2) is 4.79 Å². The zero-order valence-electron chi connectivity index (χ0n) is 16.6. The molecule has 0 atom stereocenters. The number of hydrogen-bond donors (Lipinski definition) is 1. The van der Waals surface area contributed by atoms with Crippen LogP contribution < -0.4 is 9.47 Å². The van der Waals surface area contributed by atoms with Gasteiger partial charge in [0.15, 0.2) is 0 Å². The molecular weight excluding hydrogens is 358 g/mol. The van der Waals surface area contributed by atoms with Crippen LogP contribution in [0.5, 0.6) is 17.2 Å². The fourth-order valence-electron chi connectivity index (χ4n) is 2.74. The summed E-state index contributed by atoms with van der Waals surface area (Å²) < 4.78 is 15.5. The van der Waals surface area contributed by atoms with Gasteiger partial charge in [0.25, 0.3) is 0 Å². The van der Waals surface area contributed by atoms with E-state index in [1.54, 1.807) is 43.7 Å². The van der Waals surface area contributed by atoms with Crippen LogP contribution in [-0.2, 0) is 11.2 Å². The highest BCUT2D eigenvalue weighted by atomic mass is 16.5. The van der Waals surface area contributed by atoms with Crippen molar-refractivity contribution in [1.29, 1.82) is 0 Å². The van der Waals surface area contributed by atoms with E-state index >= 15 is 0 Å². The van der Waals surface area contributed by atoms with Crippen molar-refractivity contribution < 1.29 is 24.1 Å². The van der Waals surface area contributed by atoms with Crippen molar-refractivity contribution >= 4 is 18.1 Å². The van der Waals surface area contributed by atoms with Crippen molar-refractivity contribution in [3.8, 4) is 17.2 Å². The third kappa shape index (κ3) is 4.91. The van der Waals surface area contributed by atoms with E-state index in [4.69, 9.17) is 14.2 Å². The molecule has 0 spiro atoms. The molecule has 6 nitrogen and oxygen atoms in total. The minimum Gasteiger partial charge on any atom is -0.507 e. The number of pyridine rings is 1. The molecule has 0 aliphatic heterocycles. The van der Waals surface area contributed by atoms with Crippen LogP contribution in [0.15, 0.2) is 36.5 Å². The molecule has 1 N–H and O–H groups in total. The molecule has 0 saturated heterocycles. The largest absolute Gasteiger partial charge is 0.507 e. The smallest absolute Gasteiger partial charge is 0.342 e. The fourth-order valence-corrected chi connectivity index (χ4v) is 2.74. The number of aromatic hydroxyl groups is 1. The first kappa shape index (κ1) is 21.0. The Balaban J connectivity index is 2.55. The van der Waals surface area contributed by atoms with E-state index in [2.05, 4.69) is 11.6 Å². The number of carbonyl (C=O) groups is 1. The third-order valence-corrected chi connectivity index (χ3v) is 4.23. The number of ether oxygens (including phenoxy) is 3. The number of esters is 1. The Labute approximate surface area is 165 Å². The molecule has 0 aliphatic rings. The maximum atomic E-state index is 12.3. The topological polar surface area (TPSA) is 77.9 Å². The molecule has 0 fully saturated rings. The summed E-state index contributed by atoms with van der Waals surface area (Å²) in [7, 11) is 4.37. The van der Waals surface area contributed by atoms with Gasteiger partial charge in [0.1, 0.15) is 22.8 Å². The molecule has 0 unspecified atom stereocenters. The molecule has 1 heterocycles. The number of carbonyl (C=O) groups excluding carboxylic acids is 1. The number of phenolic OH excluding ortho intramolecular Hbond substituents is 1. The Hall–Kier alpha value is -3.28. The Kier molecular flexibility index (Phi) is 7.21. The fraction of sp³-hybridized carbons (Fsp3) is 0.273. The second-order valence-electron chi connectivity index (χ2n) is 6.27. The number of phenols is 1. The van der Waals surface area contributed by atoms with Crippen molar-refractivity contribution in [2.45, 2.75) is 19.8 Å². The summed E-state index contributed by atoms with van der Waals surface area (Å²) in [5.74, 6) is 0.378. The molecule has 2 aromatic rings. The summed E-state index contributed by atoms with van der Waals surface area (Å²) in [5.41, 5.74) is 2.70. The standard InChI is InChI=1S/C22H25NO5/c1-14(2)6-9-18-19(27-4)12-15(20(21(18)24)22(25)28-5)7-8-16-13-17(26-3)10-11-23-16/h7-8,10-13,24H,1,6,9H2,2-5H3. The Morgan fingerprint density at radius 1 is 1.21 bits per heavy atom. The molecule has 1 aromatic carbocycles. The summed E-state index contributed by atoms with van der Waals surface area (Å²) in [5, 5.41) is 10.8. The van der Waals surface area contributed by atoms with E-state index in [9.17, 15) is 9.90 Å². The predicted molar refractivity (Wildman–Crippen MR) is 109 cm³/mol. The van der Waals surface area contributed by atoms with Crippen molar-refractivity contribution in [3.63, 3.8) is 0 Å². The zero-order chi connectivity index (χ0) is 20.7. The molecule has 1 aromatic heterocycles. The first-order valence-corrected chi connectivity index (χ1v) is 8.74. The molecular formula is C22H25NO5. The summed E-state index contributed by atoms with van der Waals surface area (Å²) in [4.78, 5) is 16.6. The van der Waals surface area contributed by atoms with Crippen molar-refractivity contribution in [2.24, 2.45) is 0 Å². The maximum Gasteiger partial charge on any atom is 0.342 e. The Morgan fingerprint density at radius 2 is 1.96 bits per heavy atom. The van der Waals surface area contributed by atoms with Crippen LogP contribution in [0, 0.1) is 0 Å². The molecule has 148 valence electrons. The summed E-state index contributed by atoms with van der Waals surface area (Å²) in [6, 6.07) is 5.20. The first-order valence-electron chi connectivity index (χ1n) is 8.74. The van der Waals surface area contributed by atoms with Gasteiger partial charge in [0, 0.05) is 17.8 Å². The van der Waals surface area contributed by atoms with Crippen LogP contribution >= 0.6 is 0 Å².